The molecule has 4 heteroatoms. The van der Waals surface area contributed by atoms with Gasteiger partial charge in [0, 0.05) is 5.88 Å². The van der Waals surface area contributed by atoms with Gasteiger partial charge in [0.2, 0.25) is 0 Å². The summed E-state index contributed by atoms with van der Waals surface area (Å²) in [6, 6.07) is 0. The first-order valence-electron chi connectivity index (χ1n) is 2.69. The summed E-state index contributed by atoms with van der Waals surface area (Å²) < 4.78 is -0.0704. The minimum atomic E-state index is -0.0704. The zero-order valence-corrected chi connectivity index (χ0v) is 10.4. The summed E-state index contributed by atoms with van der Waals surface area (Å²) in [6.45, 7) is 0. The molecular formula is C5H8Br3Cl. The monoisotopic (exact) mass is 340 g/mol. The SMILES string of the molecule is ClCCCCC(Br)(Br)Br. The summed E-state index contributed by atoms with van der Waals surface area (Å²) in [4.78, 5) is 0. The van der Waals surface area contributed by atoms with Gasteiger partial charge < -0.3 is 0 Å². The third-order valence-corrected chi connectivity index (χ3v) is 2.30. The smallest absolute Gasteiger partial charge is 0.127 e. The third-order valence-electron chi connectivity index (χ3n) is 0.844. The number of hydrogen-bond acceptors (Lipinski definition) is 0. The van der Waals surface area contributed by atoms with Crippen LogP contribution in [0, 0.1) is 0 Å². The van der Waals surface area contributed by atoms with Crippen molar-refractivity contribution in [3.8, 4) is 0 Å². The molecule has 9 heavy (non-hydrogen) atoms. The number of hydrogen-bond donors (Lipinski definition) is 0. The van der Waals surface area contributed by atoms with Crippen molar-refractivity contribution in [2.45, 2.75) is 21.4 Å². The molecule has 0 aliphatic heterocycles. The van der Waals surface area contributed by atoms with Gasteiger partial charge >= 0.3 is 0 Å². The Hall–Kier alpha value is 1.73. The molecule has 0 aliphatic carbocycles. The van der Waals surface area contributed by atoms with Gasteiger partial charge in [0.15, 0.2) is 0 Å². The van der Waals surface area contributed by atoms with Crippen LogP contribution < -0.4 is 0 Å². The van der Waals surface area contributed by atoms with Crippen molar-refractivity contribution in [2.24, 2.45) is 0 Å². The number of unbranched alkanes of at least 4 members (excludes halogenated alkanes) is 1. The molecule has 0 amide bonds. The van der Waals surface area contributed by atoms with Crippen molar-refractivity contribution < 1.29 is 0 Å². The summed E-state index contributed by atoms with van der Waals surface area (Å²) in [6.07, 6.45) is 3.25. The van der Waals surface area contributed by atoms with E-state index in [1.165, 1.54) is 0 Å². The van der Waals surface area contributed by atoms with E-state index in [2.05, 4.69) is 47.8 Å². The van der Waals surface area contributed by atoms with Crippen LogP contribution in [0.1, 0.15) is 19.3 Å². The van der Waals surface area contributed by atoms with Gasteiger partial charge in [-0.1, -0.05) is 47.8 Å². The van der Waals surface area contributed by atoms with Crippen LogP contribution >= 0.6 is 59.4 Å². The number of halogens is 4. The normalized spacial score (nSPS) is 12.0. The molecule has 56 valence electrons. The van der Waals surface area contributed by atoms with E-state index in [1.807, 2.05) is 0 Å². The molecule has 0 heterocycles. The highest BCUT2D eigenvalue weighted by atomic mass is 80.0. The van der Waals surface area contributed by atoms with E-state index >= 15 is 0 Å². The highest BCUT2D eigenvalue weighted by Gasteiger charge is 2.15. The topological polar surface area (TPSA) is 0 Å². The lowest BCUT2D eigenvalue weighted by atomic mass is 10.3. The minimum Gasteiger partial charge on any atom is -0.127 e. The van der Waals surface area contributed by atoms with Crippen molar-refractivity contribution in [3.05, 3.63) is 0 Å². The summed E-state index contributed by atoms with van der Waals surface area (Å²) >= 11 is 15.7. The fourth-order valence-corrected chi connectivity index (χ4v) is 1.45. The number of alkyl halides is 4. The fourth-order valence-electron chi connectivity index (χ4n) is 0.420. The molecule has 0 rings (SSSR count). The molecule has 0 radical (unpaired) electrons. The Kier molecular flexibility index (Phi) is 6.43. The lowest BCUT2D eigenvalue weighted by Gasteiger charge is -2.09. The lowest BCUT2D eigenvalue weighted by Crippen LogP contribution is -1.98. The largest absolute Gasteiger partial charge is 0.135 e. The Bertz CT molecular complexity index is 69.1. The van der Waals surface area contributed by atoms with Crippen molar-refractivity contribution in [1.82, 2.24) is 0 Å². The molecule has 0 N–H and O–H groups in total. The van der Waals surface area contributed by atoms with E-state index in [-0.39, 0.29) is 2.14 Å². The van der Waals surface area contributed by atoms with E-state index in [9.17, 15) is 0 Å². The molecule has 0 saturated heterocycles. The molecule has 0 nitrogen and oxygen atoms in total. The standard InChI is InChI=1S/C5H8Br3Cl/c6-5(7,8)3-1-2-4-9/h1-4H2. The van der Waals surface area contributed by atoms with Crippen molar-refractivity contribution >= 4 is 59.4 Å². The fraction of sp³-hybridized carbons (Fsp3) is 1.00. The molecule has 0 fully saturated rings. The zero-order chi connectivity index (χ0) is 7.33. The van der Waals surface area contributed by atoms with E-state index < -0.39 is 0 Å². The predicted molar refractivity (Wildman–Crippen MR) is 54.1 cm³/mol. The molecule has 0 saturated carbocycles. The van der Waals surface area contributed by atoms with Gasteiger partial charge in [-0.15, -0.1) is 11.6 Å². The van der Waals surface area contributed by atoms with Crippen LogP contribution in [0.15, 0.2) is 0 Å². The maximum absolute atomic E-state index is 5.48. The van der Waals surface area contributed by atoms with E-state index in [4.69, 9.17) is 11.6 Å². The Morgan fingerprint density at radius 2 is 1.67 bits per heavy atom. The quantitative estimate of drug-likeness (QED) is 0.531. The molecule has 0 aromatic heterocycles. The molecule has 0 aliphatic rings. The number of rotatable bonds is 3. The first-order valence-corrected chi connectivity index (χ1v) is 5.60. The van der Waals surface area contributed by atoms with Crippen molar-refractivity contribution in [1.29, 1.82) is 0 Å². The van der Waals surface area contributed by atoms with Crippen LogP contribution in [0.4, 0.5) is 0 Å². The zero-order valence-electron chi connectivity index (χ0n) is 4.84. The molecular weight excluding hydrogens is 335 g/mol. The predicted octanol–water partition coefficient (Wildman–Crippen LogP) is 4.23. The van der Waals surface area contributed by atoms with Crippen LogP contribution in [0.3, 0.4) is 0 Å². The third kappa shape index (κ3) is 9.73. The molecule has 0 unspecified atom stereocenters. The molecule has 0 aromatic rings. The second-order valence-corrected chi connectivity index (χ2v) is 9.39. The summed E-state index contributed by atoms with van der Waals surface area (Å²) in [7, 11) is 0. The van der Waals surface area contributed by atoms with Crippen molar-refractivity contribution in [3.63, 3.8) is 0 Å². The highest BCUT2D eigenvalue weighted by Crippen LogP contribution is 2.38. The van der Waals surface area contributed by atoms with Gasteiger partial charge in [-0.2, -0.15) is 0 Å². The van der Waals surface area contributed by atoms with Gasteiger partial charge in [-0.3, -0.25) is 0 Å². The Morgan fingerprint density at radius 3 is 2.00 bits per heavy atom. The average Bonchev–Trinajstić information content (AvgIpc) is 1.63. The van der Waals surface area contributed by atoms with E-state index in [1.54, 1.807) is 0 Å². The van der Waals surface area contributed by atoms with E-state index in [0.29, 0.717) is 0 Å². The van der Waals surface area contributed by atoms with Crippen LogP contribution in [-0.4, -0.2) is 8.02 Å². The first kappa shape index (κ1) is 10.7. The van der Waals surface area contributed by atoms with Gasteiger partial charge in [0.05, 0.1) is 0 Å². The summed E-state index contributed by atoms with van der Waals surface area (Å²) in [5.74, 6) is 0.753. The Morgan fingerprint density at radius 1 is 1.11 bits per heavy atom. The molecule has 0 spiro atoms. The average molecular weight is 343 g/mol. The maximum atomic E-state index is 5.48. The summed E-state index contributed by atoms with van der Waals surface area (Å²) in [5.41, 5.74) is 0. The van der Waals surface area contributed by atoms with Gasteiger partial charge in [-0.05, 0) is 19.3 Å². The van der Waals surface area contributed by atoms with Crippen molar-refractivity contribution in [2.75, 3.05) is 5.88 Å². The maximum Gasteiger partial charge on any atom is 0.135 e. The molecule has 0 aromatic carbocycles. The van der Waals surface area contributed by atoms with Gasteiger partial charge in [0.1, 0.15) is 2.14 Å². The van der Waals surface area contributed by atoms with Crippen LogP contribution in [-0.2, 0) is 0 Å². The second kappa shape index (κ2) is 5.39. The van der Waals surface area contributed by atoms with Gasteiger partial charge in [0.25, 0.3) is 0 Å². The molecule has 0 atom stereocenters. The Balaban J connectivity index is 3.07. The van der Waals surface area contributed by atoms with E-state index in [0.717, 1.165) is 25.1 Å². The lowest BCUT2D eigenvalue weighted by molar-refractivity contribution is 0.763. The molecule has 0 bridgehead atoms. The van der Waals surface area contributed by atoms with Crippen LogP contribution in [0.25, 0.3) is 0 Å². The summed E-state index contributed by atoms with van der Waals surface area (Å²) in [5, 5.41) is 0. The first-order chi connectivity index (χ1) is 4.06. The Labute approximate surface area is 86.1 Å². The van der Waals surface area contributed by atoms with Crippen LogP contribution in [0.2, 0.25) is 0 Å². The second-order valence-electron chi connectivity index (χ2n) is 1.76. The highest BCUT2D eigenvalue weighted by molar-refractivity contribution is 9.39. The van der Waals surface area contributed by atoms with Gasteiger partial charge in [-0.25, -0.2) is 0 Å². The van der Waals surface area contributed by atoms with Crippen LogP contribution in [0.5, 0.6) is 0 Å². The minimum absolute atomic E-state index is 0.0704.